The van der Waals surface area contributed by atoms with Crippen molar-refractivity contribution in [3.05, 3.63) is 29.8 Å². The van der Waals surface area contributed by atoms with Gasteiger partial charge in [-0.05, 0) is 24.1 Å². The van der Waals surface area contributed by atoms with Gasteiger partial charge in [-0.3, -0.25) is 0 Å². The molecule has 1 aliphatic rings. The number of carbonyl (C=O) groups excluding carboxylic acids is 1. The molecule has 0 atom stereocenters. The molecule has 1 aromatic rings. The zero-order chi connectivity index (χ0) is 13.0. The highest BCUT2D eigenvalue weighted by Crippen LogP contribution is 2.11. The molecule has 1 saturated heterocycles. The predicted molar refractivity (Wildman–Crippen MR) is 67.7 cm³/mol. The van der Waals surface area contributed by atoms with Crippen molar-refractivity contribution < 1.29 is 14.6 Å². The summed E-state index contributed by atoms with van der Waals surface area (Å²) in [4.78, 5) is 13.1. The number of ether oxygens (including phenoxy) is 1. The molecule has 98 valence electrons. The Hall–Kier alpha value is -1.75. The first-order valence-corrected chi connectivity index (χ1v) is 6.03. The fourth-order valence-corrected chi connectivity index (χ4v) is 1.84. The van der Waals surface area contributed by atoms with Crippen LogP contribution in [0.1, 0.15) is 5.56 Å². The third kappa shape index (κ3) is 3.13. The van der Waals surface area contributed by atoms with E-state index in [1.165, 1.54) is 0 Å². The number of hydrogen-bond donors (Lipinski definition) is 2. The van der Waals surface area contributed by atoms with Gasteiger partial charge in [-0.25, -0.2) is 4.79 Å². The molecule has 0 aliphatic carbocycles. The van der Waals surface area contributed by atoms with Gasteiger partial charge in [-0.1, -0.05) is 12.1 Å². The van der Waals surface area contributed by atoms with Gasteiger partial charge in [0.05, 0.1) is 26.3 Å². The number of β-amino-alcohol motifs (C(OH)–C–C–N with tert-alkyl or cyclic N) is 1. The summed E-state index contributed by atoms with van der Waals surface area (Å²) in [5.74, 6) is 0.831. The second kappa shape index (κ2) is 5.73. The molecule has 0 saturated carbocycles. The van der Waals surface area contributed by atoms with Crippen molar-refractivity contribution >= 4 is 6.03 Å². The van der Waals surface area contributed by atoms with Crippen LogP contribution in [0.4, 0.5) is 4.79 Å². The topological polar surface area (TPSA) is 61.8 Å². The molecule has 1 aliphatic heterocycles. The van der Waals surface area contributed by atoms with Crippen LogP contribution >= 0.6 is 0 Å². The minimum Gasteiger partial charge on any atom is -0.497 e. The Morgan fingerprint density at radius 1 is 1.44 bits per heavy atom. The SMILES string of the molecule is COc1ccc(CCNC(=O)N2CC(O)C2)cc1. The lowest BCUT2D eigenvalue weighted by Crippen LogP contribution is -2.56. The number of nitrogens with zero attached hydrogens (tertiary/aromatic N) is 1. The van der Waals surface area contributed by atoms with E-state index in [-0.39, 0.29) is 12.1 Å². The molecule has 18 heavy (non-hydrogen) atoms. The number of nitrogens with one attached hydrogen (secondary N) is 1. The van der Waals surface area contributed by atoms with Gasteiger partial charge in [0.2, 0.25) is 0 Å². The van der Waals surface area contributed by atoms with Crippen LogP contribution in [-0.2, 0) is 6.42 Å². The van der Waals surface area contributed by atoms with Gasteiger partial charge in [-0.15, -0.1) is 0 Å². The summed E-state index contributed by atoms with van der Waals surface area (Å²) in [6.45, 7) is 1.47. The van der Waals surface area contributed by atoms with E-state index in [0.717, 1.165) is 17.7 Å². The van der Waals surface area contributed by atoms with Crippen LogP contribution in [0.15, 0.2) is 24.3 Å². The average molecular weight is 250 g/mol. The number of urea groups is 1. The Morgan fingerprint density at radius 2 is 2.11 bits per heavy atom. The Kier molecular flexibility index (Phi) is 4.04. The van der Waals surface area contributed by atoms with E-state index in [1.54, 1.807) is 12.0 Å². The predicted octanol–water partition coefficient (Wildman–Crippen LogP) is 0.624. The van der Waals surface area contributed by atoms with Crippen molar-refractivity contribution in [1.82, 2.24) is 10.2 Å². The number of rotatable bonds is 4. The van der Waals surface area contributed by atoms with Crippen molar-refractivity contribution in [1.29, 1.82) is 0 Å². The fourth-order valence-electron chi connectivity index (χ4n) is 1.84. The minimum absolute atomic E-state index is 0.103. The highest BCUT2D eigenvalue weighted by molar-refractivity contribution is 5.75. The Morgan fingerprint density at radius 3 is 2.67 bits per heavy atom. The molecular formula is C13H18N2O3. The summed E-state index contributed by atoms with van der Waals surface area (Å²) in [6.07, 6.45) is 0.434. The van der Waals surface area contributed by atoms with Crippen LogP contribution in [0.25, 0.3) is 0 Å². The lowest BCUT2D eigenvalue weighted by atomic mass is 10.1. The molecule has 0 radical (unpaired) electrons. The summed E-state index contributed by atoms with van der Waals surface area (Å²) < 4.78 is 5.08. The first-order valence-electron chi connectivity index (χ1n) is 6.03. The maximum absolute atomic E-state index is 11.5. The Bertz CT molecular complexity index is 399. The molecule has 1 aromatic carbocycles. The fraction of sp³-hybridized carbons (Fsp3) is 0.462. The summed E-state index contributed by atoms with van der Waals surface area (Å²) in [6, 6.07) is 7.68. The first-order chi connectivity index (χ1) is 8.69. The second-order valence-corrected chi connectivity index (χ2v) is 4.39. The average Bonchev–Trinajstić information content (AvgIpc) is 2.35. The second-order valence-electron chi connectivity index (χ2n) is 4.39. The number of likely N-dealkylation sites (tertiary alicyclic amines) is 1. The largest absolute Gasteiger partial charge is 0.497 e. The Labute approximate surface area is 106 Å². The highest BCUT2D eigenvalue weighted by atomic mass is 16.5. The standard InChI is InChI=1S/C13H18N2O3/c1-18-12-4-2-10(3-5-12)6-7-14-13(17)15-8-11(16)9-15/h2-5,11,16H,6-9H2,1H3,(H,14,17). The molecule has 2 rings (SSSR count). The number of amides is 2. The van der Waals surface area contributed by atoms with E-state index < -0.39 is 0 Å². The molecule has 0 bridgehead atoms. The molecule has 2 amide bonds. The lowest BCUT2D eigenvalue weighted by Gasteiger charge is -2.35. The van der Waals surface area contributed by atoms with E-state index in [9.17, 15) is 4.79 Å². The zero-order valence-electron chi connectivity index (χ0n) is 10.4. The minimum atomic E-state index is -0.350. The van der Waals surface area contributed by atoms with Crippen LogP contribution in [-0.4, -0.2) is 48.9 Å². The number of aliphatic hydroxyl groups is 1. The summed E-state index contributed by atoms with van der Waals surface area (Å²) in [7, 11) is 1.64. The van der Waals surface area contributed by atoms with Gasteiger partial charge >= 0.3 is 6.03 Å². The summed E-state index contributed by atoms with van der Waals surface area (Å²) in [5, 5.41) is 11.9. The smallest absolute Gasteiger partial charge is 0.317 e. The molecule has 5 nitrogen and oxygen atoms in total. The molecule has 0 spiro atoms. The van der Waals surface area contributed by atoms with Crippen molar-refractivity contribution in [2.45, 2.75) is 12.5 Å². The van der Waals surface area contributed by atoms with Gasteiger partial charge in [0.15, 0.2) is 0 Å². The molecule has 0 unspecified atom stereocenters. The molecular weight excluding hydrogens is 232 g/mol. The molecule has 1 fully saturated rings. The van der Waals surface area contributed by atoms with Crippen LogP contribution in [0.2, 0.25) is 0 Å². The number of methoxy groups -OCH3 is 1. The van der Waals surface area contributed by atoms with Crippen LogP contribution < -0.4 is 10.1 Å². The molecule has 5 heteroatoms. The summed E-state index contributed by atoms with van der Waals surface area (Å²) in [5.41, 5.74) is 1.15. The van der Waals surface area contributed by atoms with Gasteiger partial charge in [0, 0.05) is 6.54 Å². The molecule has 1 heterocycles. The maximum atomic E-state index is 11.5. The van der Waals surface area contributed by atoms with Crippen LogP contribution in [0.5, 0.6) is 5.75 Å². The molecule has 2 N–H and O–H groups in total. The summed E-state index contributed by atoms with van der Waals surface area (Å²) >= 11 is 0. The van der Waals surface area contributed by atoms with E-state index in [2.05, 4.69) is 5.32 Å². The number of hydrogen-bond acceptors (Lipinski definition) is 3. The van der Waals surface area contributed by atoms with E-state index in [4.69, 9.17) is 9.84 Å². The number of benzene rings is 1. The van der Waals surface area contributed by atoms with E-state index in [0.29, 0.717) is 19.6 Å². The Balaban J connectivity index is 1.69. The van der Waals surface area contributed by atoms with Gasteiger partial charge in [0.25, 0.3) is 0 Å². The van der Waals surface area contributed by atoms with E-state index in [1.807, 2.05) is 24.3 Å². The normalized spacial score (nSPS) is 15.1. The van der Waals surface area contributed by atoms with Gasteiger partial charge < -0.3 is 20.1 Å². The van der Waals surface area contributed by atoms with Crippen LogP contribution in [0.3, 0.4) is 0 Å². The number of aliphatic hydroxyl groups excluding tert-OH is 1. The highest BCUT2D eigenvalue weighted by Gasteiger charge is 2.28. The monoisotopic (exact) mass is 250 g/mol. The van der Waals surface area contributed by atoms with Crippen molar-refractivity contribution in [3.8, 4) is 5.75 Å². The van der Waals surface area contributed by atoms with Crippen LogP contribution in [0, 0.1) is 0 Å². The van der Waals surface area contributed by atoms with Crippen molar-refractivity contribution in [2.24, 2.45) is 0 Å². The van der Waals surface area contributed by atoms with Crippen molar-refractivity contribution in [3.63, 3.8) is 0 Å². The van der Waals surface area contributed by atoms with Crippen molar-refractivity contribution in [2.75, 3.05) is 26.7 Å². The third-order valence-corrected chi connectivity index (χ3v) is 3.00. The van der Waals surface area contributed by atoms with Gasteiger partial charge in [-0.2, -0.15) is 0 Å². The third-order valence-electron chi connectivity index (χ3n) is 3.00. The van der Waals surface area contributed by atoms with E-state index >= 15 is 0 Å². The molecule has 0 aromatic heterocycles. The van der Waals surface area contributed by atoms with Gasteiger partial charge in [0.1, 0.15) is 5.75 Å². The lowest BCUT2D eigenvalue weighted by molar-refractivity contribution is 0.0267. The zero-order valence-corrected chi connectivity index (χ0v) is 10.4. The first kappa shape index (κ1) is 12.7. The quantitative estimate of drug-likeness (QED) is 0.823. The maximum Gasteiger partial charge on any atom is 0.317 e. The number of carbonyl (C=O) groups is 1.